The van der Waals surface area contributed by atoms with Crippen molar-refractivity contribution in [3.8, 4) is 5.75 Å². The molecule has 1 atom stereocenters. The number of amides is 1. The van der Waals surface area contributed by atoms with Gasteiger partial charge in [-0.2, -0.15) is 0 Å². The maximum Gasteiger partial charge on any atom is 0.223 e. The van der Waals surface area contributed by atoms with E-state index >= 15 is 0 Å². The largest absolute Gasteiger partial charge is 0.493 e. The van der Waals surface area contributed by atoms with E-state index < -0.39 is 0 Å². The summed E-state index contributed by atoms with van der Waals surface area (Å²) in [6.45, 7) is 2.61. The van der Waals surface area contributed by atoms with E-state index in [-0.39, 0.29) is 11.8 Å². The van der Waals surface area contributed by atoms with Gasteiger partial charge in [-0.25, -0.2) is 0 Å². The minimum absolute atomic E-state index is 0.291. The number of hydrogen-bond acceptors (Lipinski definition) is 3. The summed E-state index contributed by atoms with van der Waals surface area (Å²) in [6.07, 6.45) is 0.781. The third-order valence-corrected chi connectivity index (χ3v) is 3.19. The van der Waals surface area contributed by atoms with Crippen molar-refractivity contribution in [2.24, 2.45) is 17.4 Å². The van der Waals surface area contributed by atoms with E-state index in [0.717, 1.165) is 22.2 Å². The number of rotatable bonds is 6. The van der Waals surface area contributed by atoms with E-state index in [4.69, 9.17) is 16.2 Å². The van der Waals surface area contributed by atoms with Crippen molar-refractivity contribution in [1.82, 2.24) is 0 Å². The molecule has 0 aliphatic rings. The van der Waals surface area contributed by atoms with Crippen LogP contribution in [0.4, 0.5) is 0 Å². The quantitative estimate of drug-likeness (QED) is 0.834. The van der Waals surface area contributed by atoms with Crippen LogP contribution in [0.1, 0.15) is 12.5 Å². The molecule has 0 aliphatic heterocycles. The maximum absolute atomic E-state index is 10.9. The van der Waals surface area contributed by atoms with Crippen LogP contribution < -0.4 is 16.2 Å². The number of nitrogens with two attached hydrogens (primary N) is 2. The summed E-state index contributed by atoms with van der Waals surface area (Å²) in [5.41, 5.74) is 11.8. The molecule has 1 rings (SSSR count). The van der Waals surface area contributed by atoms with Gasteiger partial charge in [-0.1, -0.05) is 22.9 Å². The lowest BCUT2D eigenvalue weighted by molar-refractivity contribution is -0.122. The first-order valence-electron chi connectivity index (χ1n) is 5.45. The molecular formula is C12H17BrN2O2. The van der Waals surface area contributed by atoms with Crippen molar-refractivity contribution in [1.29, 1.82) is 0 Å². The third kappa shape index (κ3) is 4.36. The van der Waals surface area contributed by atoms with Gasteiger partial charge in [0.25, 0.3) is 0 Å². The maximum atomic E-state index is 10.9. The Kier molecular flexibility index (Phi) is 5.44. The molecule has 0 bridgehead atoms. The van der Waals surface area contributed by atoms with Gasteiger partial charge in [0.2, 0.25) is 5.91 Å². The number of carbonyl (C=O) groups excluding carboxylic acids is 1. The Morgan fingerprint density at radius 3 is 2.82 bits per heavy atom. The number of primary amides is 1. The van der Waals surface area contributed by atoms with Crippen molar-refractivity contribution in [3.63, 3.8) is 0 Å². The number of hydrogen-bond donors (Lipinski definition) is 2. The lowest BCUT2D eigenvalue weighted by Gasteiger charge is -2.11. The zero-order valence-electron chi connectivity index (χ0n) is 9.78. The van der Waals surface area contributed by atoms with Crippen LogP contribution in [0.3, 0.4) is 0 Å². The summed E-state index contributed by atoms with van der Waals surface area (Å²) >= 11 is 3.45. The molecule has 0 spiro atoms. The van der Waals surface area contributed by atoms with Crippen LogP contribution >= 0.6 is 15.9 Å². The zero-order chi connectivity index (χ0) is 12.8. The van der Waals surface area contributed by atoms with E-state index in [9.17, 15) is 4.79 Å². The van der Waals surface area contributed by atoms with E-state index in [0.29, 0.717) is 13.2 Å². The highest BCUT2D eigenvalue weighted by Gasteiger charge is 2.10. The minimum Gasteiger partial charge on any atom is -0.493 e. The SMILES string of the molecule is CC(COc1ccc(Br)c(CCN)c1)C(N)=O. The first-order chi connectivity index (χ1) is 8.04. The molecule has 94 valence electrons. The molecule has 1 aromatic rings. The van der Waals surface area contributed by atoms with Crippen molar-refractivity contribution >= 4 is 21.8 Å². The summed E-state index contributed by atoms with van der Waals surface area (Å²) in [7, 11) is 0. The third-order valence-electron chi connectivity index (χ3n) is 2.42. The van der Waals surface area contributed by atoms with Gasteiger partial charge >= 0.3 is 0 Å². The number of ether oxygens (including phenoxy) is 1. The fraction of sp³-hybridized carbons (Fsp3) is 0.417. The molecule has 17 heavy (non-hydrogen) atoms. The van der Waals surface area contributed by atoms with Crippen LogP contribution in [0.5, 0.6) is 5.75 Å². The van der Waals surface area contributed by atoms with E-state index in [1.54, 1.807) is 6.92 Å². The molecule has 0 saturated heterocycles. The number of carbonyl (C=O) groups is 1. The lowest BCUT2D eigenvalue weighted by Crippen LogP contribution is -2.25. The monoisotopic (exact) mass is 300 g/mol. The smallest absolute Gasteiger partial charge is 0.223 e. The van der Waals surface area contributed by atoms with Gasteiger partial charge < -0.3 is 16.2 Å². The van der Waals surface area contributed by atoms with Gasteiger partial charge in [0.05, 0.1) is 12.5 Å². The molecule has 5 heteroatoms. The standard InChI is InChI=1S/C12H17BrN2O2/c1-8(12(15)16)7-17-10-2-3-11(13)9(6-10)4-5-14/h2-3,6,8H,4-5,7,14H2,1H3,(H2,15,16). The van der Waals surface area contributed by atoms with Crippen LogP contribution in [-0.2, 0) is 11.2 Å². The molecule has 0 saturated carbocycles. The van der Waals surface area contributed by atoms with Gasteiger partial charge in [0.15, 0.2) is 0 Å². The fourth-order valence-corrected chi connectivity index (χ4v) is 1.74. The molecule has 0 aliphatic carbocycles. The number of benzene rings is 1. The molecule has 1 amide bonds. The van der Waals surface area contributed by atoms with Crippen molar-refractivity contribution in [2.75, 3.05) is 13.2 Å². The Bertz CT molecular complexity index is 396. The van der Waals surface area contributed by atoms with Crippen LogP contribution in [-0.4, -0.2) is 19.1 Å². The van der Waals surface area contributed by atoms with E-state index in [1.165, 1.54) is 0 Å². The van der Waals surface area contributed by atoms with Crippen LogP contribution in [0.2, 0.25) is 0 Å². The van der Waals surface area contributed by atoms with E-state index in [2.05, 4.69) is 15.9 Å². The second kappa shape index (κ2) is 6.61. The molecule has 4 nitrogen and oxygen atoms in total. The Labute approximate surface area is 109 Å². The fourth-order valence-electron chi connectivity index (χ4n) is 1.29. The minimum atomic E-state index is -0.357. The average Bonchev–Trinajstić information content (AvgIpc) is 2.29. The number of halogens is 1. The highest BCUT2D eigenvalue weighted by atomic mass is 79.9. The van der Waals surface area contributed by atoms with Crippen LogP contribution in [0, 0.1) is 5.92 Å². The highest BCUT2D eigenvalue weighted by Crippen LogP contribution is 2.23. The summed E-state index contributed by atoms with van der Waals surface area (Å²) < 4.78 is 6.52. The van der Waals surface area contributed by atoms with Crippen LogP contribution in [0.25, 0.3) is 0 Å². The molecule has 0 fully saturated rings. The molecule has 0 heterocycles. The molecule has 4 N–H and O–H groups in total. The summed E-state index contributed by atoms with van der Waals surface area (Å²) in [5.74, 6) is 0.0747. The average molecular weight is 301 g/mol. The molecule has 1 unspecified atom stereocenters. The lowest BCUT2D eigenvalue weighted by atomic mass is 10.1. The molecule has 0 aromatic heterocycles. The molecule has 1 aromatic carbocycles. The second-order valence-corrected chi connectivity index (χ2v) is 4.76. The first kappa shape index (κ1) is 14.0. The van der Waals surface area contributed by atoms with Gasteiger partial charge in [0, 0.05) is 4.47 Å². The van der Waals surface area contributed by atoms with Crippen molar-refractivity contribution < 1.29 is 9.53 Å². The van der Waals surface area contributed by atoms with Gasteiger partial charge in [-0.15, -0.1) is 0 Å². The second-order valence-electron chi connectivity index (χ2n) is 3.91. The van der Waals surface area contributed by atoms with Gasteiger partial charge in [-0.3, -0.25) is 4.79 Å². The first-order valence-corrected chi connectivity index (χ1v) is 6.24. The Morgan fingerprint density at radius 1 is 1.53 bits per heavy atom. The highest BCUT2D eigenvalue weighted by molar-refractivity contribution is 9.10. The predicted molar refractivity (Wildman–Crippen MR) is 70.8 cm³/mol. The van der Waals surface area contributed by atoms with Crippen LogP contribution in [0.15, 0.2) is 22.7 Å². The van der Waals surface area contributed by atoms with Crippen molar-refractivity contribution in [3.05, 3.63) is 28.2 Å². The molecular weight excluding hydrogens is 284 g/mol. The predicted octanol–water partition coefficient (Wildman–Crippen LogP) is 1.45. The molecule has 0 radical (unpaired) electrons. The normalized spacial score (nSPS) is 12.2. The zero-order valence-corrected chi connectivity index (χ0v) is 11.4. The Morgan fingerprint density at radius 2 is 2.24 bits per heavy atom. The summed E-state index contributed by atoms with van der Waals surface area (Å²) in [6, 6.07) is 5.68. The Balaban J connectivity index is 2.65. The summed E-state index contributed by atoms with van der Waals surface area (Å²) in [5, 5.41) is 0. The Hall–Kier alpha value is -1.07. The topological polar surface area (TPSA) is 78.3 Å². The van der Waals surface area contributed by atoms with Gasteiger partial charge in [-0.05, 0) is 36.7 Å². The van der Waals surface area contributed by atoms with E-state index in [1.807, 2.05) is 18.2 Å². The summed E-state index contributed by atoms with van der Waals surface area (Å²) in [4.78, 5) is 10.9. The van der Waals surface area contributed by atoms with Crippen molar-refractivity contribution in [2.45, 2.75) is 13.3 Å². The van der Waals surface area contributed by atoms with Gasteiger partial charge in [0.1, 0.15) is 5.75 Å².